The van der Waals surface area contributed by atoms with Gasteiger partial charge in [0.2, 0.25) is 0 Å². The van der Waals surface area contributed by atoms with Crippen molar-refractivity contribution in [3.05, 3.63) is 97.1 Å². The summed E-state index contributed by atoms with van der Waals surface area (Å²) < 4.78 is 72.6. The Hall–Kier alpha value is -4.23. The molecule has 2 aromatic carbocycles. The average molecular weight is 618 g/mol. The lowest BCUT2D eigenvalue weighted by atomic mass is 10.1. The van der Waals surface area contributed by atoms with Crippen molar-refractivity contribution in [1.29, 1.82) is 0 Å². The number of hydrogen-bond acceptors (Lipinski definition) is 8. The van der Waals surface area contributed by atoms with Gasteiger partial charge in [-0.05, 0) is 19.3 Å². The first-order valence-corrected chi connectivity index (χ1v) is 15.0. The lowest BCUT2D eigenvalue weighted by Gasteiger charge is -2.08. The number of pyridine rings is 1. The highest BCUT2D eigenvalue weighted by atomic mass is 32.2. The van der Waals surface area contributed by atoms with Crippen LogP contribution in [0.15, 0.2) is 95.7 Å². The first-order valence-electron chi connectivity index (χ1n) is 13.5. The Balaban J connectivity index is 0.000000467. The number of unbranched alkanes of at least 4 members (excludes halogenated alkanes) is 1. The molecule has 4 aromatic rings. The SMILES string of the molecule is O=C(CCc1nc(-c2ccccc2)c(-c2ccccc2)o1)OCCCCC1CN1[n+]1ccccc1.O=S(=O)([O-])C(F)(F)F. The molecule has 3 heterocycles. The molecule has 1 unspecified atom stereocenters. The van der Waals surface area contributed by atoms with E-state index in [1.54, 1.807) is 0 Å². The van der Waals surface area contributed by atoms with E-state index in [9.17, 15) is 18.0 Å². The molecular formula is C30H30F3N3O6S. The van der Waals surface area contributed by atoms with E-state index in [1.807, 2.05) is 78.9 Å². The molecule has 1 atom stereocenters. The Labute approximate surface area is 247 Å². The number of oxazole rings is 1. The van der Waals surface area contributed by atoms with Crippen LogP contribution in [-0.4, -0.2) is 48.6 Å². The van der Waals surface area contributed by atoms with Gasteiger partial charge in [-0.15, -0.1) is 0 Å². The van der Waals surface area contributed by atoms with Crippen LogP contribution in [0.1, 0.15) is 31.6 Å². The van der Waals surface area contributed by atoms with Gasteiger partial charge in [0.05, 0.1) is 19.6 Å². The molecule has 1 fully saturated rings. The van der Waals surface area contributed by atoms with Gasteiger partial charge in [0.15, 0.2) is 34.2 Å². The average Bonchev–Trinajstić information content (AvgIpc) is 3.64. The number of hydrogen-bond donors (Lipinski definition) is 0. The van der Waals surface area contributed by atoms with Crippen LogP contribution >= 0.6 is 0 Å². The van der Waals surface area contributed by atoms with E-state index in [-0.39, 0.29) is 12.4 Å². The molecule has 2 aromatic heterocycles. The summed E-state index contributed by atoms with van der Waals surface area (Å²) in [6, 6.07) is 26.6. The van der Waals surface area contributed by atoms with Crippen LogP contribution < -0.4 is 9.69 Å². The number of benzene rings is 2. The summed E-state index contributed by atoms with van der Waals surface area (Å²) in [6.07, 6.45) is 7.84. The Morgan fingerprint density at radius 2 is 1.56 bits per heavy atom. The third-order valence-electron chi connectivity index (χ3n) is 6.46. The van der Waals surface area contributed by atoms with Crippen molar-refractivity contribution < 1.29 is 44.8 Å². The zero-order chi connectivity index (χ0) is 30.9. The lowest BCUT2D eigenvalue weighted by Crippen LogP contribution is -2.45. The molecule has 228 valence electrons. The minimum atomic E-state index is -6.09. The highest BCUT2D eigenvalue weighted by Gasteiger charge is 2.40. The number of halogens is 3. The van der Waals surface area contributed by atoms with Gasteiger partial charge in [0.1, 0.15) is 11.7 Å². The van der Waals surface area contributed by atoms with Gasteiger partial charge in [-0.1, -0.05) is 71.4 Å². The molecule has 5 rings (SSSR count). The normalized spacial score (nSPS) is 14.5. The first kappa shape index (κ1) is 31.7. The van der Waals surface area contributed by atoms with Crippen LogP contribution in [-0.2, 0) is 26.1 Å². The predicted molar refractivity (Wildman–Crippen MR) is 150 cm³/mol. The number of aryl methyl sites for hydroxylation is 1. The van der Waals surface area contributed by atoms with E-state index in [1.165, 1.54) is 0 Å². The van der Waals surface area contributed by atoms with Crippen LogP contribution in [0.4, 0.5) is 13.2 Å². The summed E-state index contributed by atoms with van der Waals surface area (Å²) in [7, 11) is -6.09. The molecule has 0 saturated carbocycles. The standard InChI is InChI=1S/C29H30N3O3.CHF3O3S/c33-27(34-21-11-8-16-25-22-32(25)31-19-9-3-10-20-31)18-17-26-30-28(23-12-4-1-5-13-23)29(35-26)24-14-6-2-7-15-24;2-1(3,4)8(5,6)7/h1-7,9-10,12-15,19-20,25H,8,11,16-18,21-22H2;(H,5,6,7)/q+1;/p-1. The molecule has 0 radical (unpaired) electrons. The van der Waals surface area contributed by atoms with Crippen molar-refractivity contribution >= 4 is 16.1 Å². The maximum atomic E-state index is 12.3. The second-order valence-electron chi connectivity index (χ2n) is 9.66. The monoisotopic (exact) mass is 617 g/mol. The van der Waals surface area contributed by atoms with E-state index in [4.69, 9.17) is 27.1 Å². The van der Waals surface area contributed by atoms with Crippen molar-refractivity contribution in [3.8, 4) is 22.6 Å². The fourth-order valence-corrected chi connectivity index (χ4v) is 4.25. The van der Waals surface area contributed by atoms with Crippen molar-refractivity contribution in [2.24, 2.45) is 0 Å². The fourth-order valence-electron chi connectivity index (χ4n) is 4.25. The van der Waals surface area contributed by atoms with Crippen molar-refractivity contribution in [1.82, 2.24) is 4.98 Å². The highest BCUT2D eigenvalue weighted by molar-refractivity contribution is 7.86. The van der Waals surface area contributed by atoms with Crippen molar-refractivity contribution in [2.75, 3.05) is 18.2 Å². The van der Waals surface area contributed by atoms with Gasteiger partial charge in [-0.3, -0.25) is 4.79 Å². The van der Waals surface area contributed by atoms with Crippen LogP contribution in [0.5, 0.6) is 0 Å². The summed E-state index contributed by atoms with van der Waals surface area (Å²) in [4.78, 5) is 17.0. The van der Waals surface area contributed by atoms with E-state index in [0.717, 1.165) is 48.4 Å². The number of carbonyl (C=O) groups excluding carboxylic acids is 1. The Morgan fingerprint density at radius 1 is 0.977 bits per heavy atom. The van der Waals surface area contributed by atoms with Crippen LogP contribution in [0, 0.1) is 0 Å². The van der Waals surface area contributed by atoms with E-state index in [0.29, 0.717) is 25.0 Å². The Bertz CT molecular complexity index is 1510. The number of carbonyl (C=O) groups is 1. The van der Waals surface area contributed by atoms with Gasteiger partial charge in [0, 0.05) is 29.7 Å². The second kappa shape index (κ2) is 14.3. The van der Waals surface area contributed by atoms with E-state index < -0.39 is 15.6 Å². The second-order valence-corrected chi connectivity index (χ2v) is 11.0. The number of esters is 1. The molecule has 0 spiro atoms. The zero-order valence-corrected chi connectivity index (χ0v) is 23.8. The molecule has 0 aliphatic carbocycles. The van der Waals surface area contributed by atoms with Gasteiger partial charge in [-0.2, -0.15) is 18.2 Å². The smallest absolute Gasteiger partial charge is 0.485 e. The zero-order valence-electron chi connectivity index (χ0n) is 23.0. The summed E-state index contributed by atoms with van der Waals surface area (Å²) in [5.74, 6) is 1.06. The van der Waals surface area contributed by atoms with Gasteiger partial charge >= 0.3 is 11.5 Å². The summed E-state index contributed by atoms with van der Waals surface area (Å²) in [6.45, 7) is 1.54. The molecule has 13 heteroatoms. The van der Waals surface area contributed by atoms with Crippen LogP contribution in [0.3, 0.4) is 0 Å². The maximum absolute atomic E-state index is 12.3. The lowest BCUT2D eigenvalue weighted by molar-refractivity contribution is -0.677. The number of aromatic nitrogens is 2. The van der Waals surface area contributed by atoms with E-state index in [2.05, 4.69) is 22.1 Å². The maximum Gasteiger partial charge on any atom is 0.485 e. The Kier molecular flexibility index (Phi) is 10.5. The van der Waals surface area contributed by atoms with Crippen LogP contribution in [0.2, 0.25) is 0 Å². The predicted octanol–water partition coefficient (Wildman–Crippen LogP) is 5.01. The largest absolute Gasteiger partial charge is 0.741 e. The quantitative estimate of drug-likeness (QED) is 0.0576. The number of ether oxygens (including phenoxy) is 1. The summed E-state index contributed by atoms with van der Waals surface area (Å²) in [5.41, 5.74) is -2.90. The Morgan fingerprint density at radius 3 is 2.16 bits per heavy atom. The van der Waals surface area contributed by atoms with Gasteiger partial charge < -0.3 is 13.7 Å². The molecule has 0 amide bonds. The fraction of sp³-hybridized carbons (Fsp3) is 0.300. The number of alkyl halides is 3. The number of nitrogens with zero attached hydrogens (tertiary/aromatic N) is 3. The molecular weight excluding hydrogens is 587 g/mol. The van der Waals surface area contributed by atoms with Gasteiger partial charge in [-0.25, -0.2) is 13.4 Å². The minimum absolute atomic E-state index is 0.210. The third-order valence-corrected chi connectivity index (χ3v) is 7.02. The molecule has 9 nitrogen and oxygen atoms in total. The molecule has 0 bridgehead atoms. The first-order chi connectivity index (χ1) is 20.5. The van der Waals surface area contributed by atoms with Gasteiger partial charge in [0.25, 0.3) is 0 Å². The van der Waals surface area contributed by atoms with E-state index >= 15 is 0 Å². The topological polar surface area (TPSA) is 116 Å². The molecule has 1 aliphatic heterocycles. The third kappa shape index (κ3) is 9.38. The molecule has 1 saturated heterocycles. The number of rotatable bonds is 11. The summed E-state index contributed by atoms with van der Waals surface area (Å²) in [5, 5.41) is 2.33. The highest BCUT2D eigenvalue weighted by Crippen LogP contribution is 2.33. The minimum Gasteiger partial charge on any atom is -0.741 e. The molecule has 43 heavy (non-hydrogen) atoms. The van der Waals surface area contributed by atoms with Crippen LogP contribution in [0.25, 0.3) is 22.6 Å². The molecule has 0 N–H and O–H groups in total. The van der Waals surface area contributed by atoms with Crippen molar-refractivity contribution in [2.45, 2.75) is 43.7 Å². The molecule has 1 aliphatic rings. The van der Waals surface area contributed by atoms with Crippen molar-refractivity contribution in [3.63, 3.8) is 0 Å². The summed E-state index contributed by atoms with van der Waals surface area (Å²) >= 11 is 0.